The van der Waals surface area contributed by atoms with Crippen LogP contribution in [0.2, 0.25) is 0 Å². The number of hydrogen-bond acceptors (Lipinski definition) is 3. The van der Waals surface area contributed by atoms with Crippen molar-refractivity contribution in [3.63, 3.8) is 0 Å². The highest BCUT2D eigenvalue weighted by Crippen LogP contribution is 2.23. The fourth-order valence-corrected chi connectivity index (χ4v) is 1.52. The lowest BCUT2D eigenvalue weighted by atomic mass is 10.1. The molecule has 0 heterocycles. The molecule has 0 spiro atoms. The minimum atomic E-state index is 0.0163. The zero-order valence-electron chi connectivity index (χ0n) is 10.0. The van der Waals surface area contributed by atoms with Gasteiger partial charge in [-0.25, -0.2) is 0 Å². The average Bonchev–Trinajstić information content (AvgIpc) is 2.30. The first-order chi connectivity index (χ1) is 7.79. The standard InChI is InChI=1S/C13H20O3/c1-3-15-8-5-9-16-13-11(2)6-4-7-12(13)10-14/h4,6-7,14H,3,5,8-10H2,1-2H3. The topological polar surface area (TPSA) is 38.7 Å². The average molecular weight is 224 g/mol. The molecule has 1 rings (SSSR count). The molecule has 0 saturated carbocycles. The van der Waals surface area contributed by atoms with E-state index in [4.69, 9.17) is 9.47 Å². The van der Waals surface area contributed by atoms with Gasteiger partial charge in [-0.3, -0.25) is 0 Å². The Morgan fingerprint density at radius 2 is 2.06 bits per heavy atom. The second-order valence-corrected chi connectivity index (χ2v) is 3.62. The van der Waals surface area contributed by atoms with Crippen LogP contribution in [0.25, 0.3) is 0 Å². The first-order valence-electron chi connectivity index (χ1n) is 5.69. The molecule has 3 heteroatoms. The fraction of sp³-hybridized carbons (Fsp3) is 0.538. The molecule has 3 nitrogen and oxygen atoms in total. The van der Waals surface area contributed by atoms with Crippen LogP contribution < -0.4 is 4.74 Å². The molecule has 1 aromatic rings. The molecule has 0 unspecified atom stereocenters. The van der Waals surface area contributed by atoms with Gasteiger partial charge in [0.15, 0.2) is 0 Å². The summed E-state index contributed by atoms with van der Waals surface area (Å²) in [4.78, 5) is 0. The van der Waals surface area contributed by atoms with Crippen LogP contribution in [0.5, 0.6) is 5.75 Å². The molecule has 0 radical (unpaired) electrons. The lowest BCUT2D eigenvalue weighted by Gasteiger charge is -2.12. The van der Waals surface area contributed by atoms with Gasteiger partial charge < -0.3 is 14.6 Å². The number of benzene rings is 1. The highest BCUT2D eigenvalue weighted by Gasteiger charge is 2.05. The number of aliphatic hydroxyl groups excluding tert-OH is 1. The number of hydrogen-bond donors (Lipinski definition) is 1. The van der Waals surface area contributed by atoms with Gasteiger partial charge in [0.05, 0.1) is 13.2 Å². The van der Waals surface area contributed by atoms with Crippen molar-refractivity contribution >= 4 is 0 Å². The molecular weight excluding hydrogens is 204 g/mol. The molecule has 0 bridgehead atoms. The third-order valence-electron chi connectivity index (χ3n) is 2.35. The third kappa shape index (κ3) is 3.83. The number of aryl methyl sites for hydroxylation is 1. The summed E-state index contributed by atoms with van der Waals surface area (Å²) < 4.78 is 10.9. The molecular formula is C13H20O3. The molecule has 0 aliphatic rings. The first kappa shape index (κ1) is 13.0. The Labute approximate surface area is 97.0 Å². The van der Waals surface area contributed by atoms with E-state index >= 15 is 0 Å². The van der Waals surface area contributed by atoms with Gasteiger partial charge >= 0.3 is 0 Å². The van der Waals surface area contributed by atoms with Crippen molar-refractivity contribution in [2.24, 2.45) is 0 Å². The molecule has 0 aromatic heterocycles. The van der Waals surface area contributed by atoms with Crippen LogP contribution in [-0.4, -0.2) is 24.9 Å². The Balaban J connectivity index is 2.46. The third-order valence-corrected chi connectivity index (χ3v) is 2.35. The van der Waals surface area contributed by atoms with Gasteiger partial charge in [0.1, 0.15) is 5.75 Å². The number of aliphatic hydroxyl groups is 1. The highest BCUT2D eigenvalue weighted by molar-refractivity contribution is 5.40. The van der Waals surface area contributed by atoms with Gasteiger partial charge in [0.25, 0.3) is 0 Å². The van der Waals surface area contributed by atoms with E-state index in [-0.39, 0.29) is 6.61 Å². The van der Waals surface area contributed by atoms with Gasteiger partial charge in [0.2, 0.25) is 0 Å². The van der Waals surface area contributed by atoms with Crippen molar-refractivity contribution in [2.45, 2.75) is 26.9 Å². The maximum absolute atomic E-state index is 9.18. The zero-order valence-corrected chi connectivity index (χ0v) is 10.0. The largest absolute Gasteiger partial charge is 0.493 e. The summed E-state index contributed by atoms with van der Waals surface area (Å²) in [6.45, 7) is 6.06. The lowest BCUT2D eigenvalue weighted by molar-refractivity contribution is 0.130. The fourth-order valence-electron chi connectivity index (χ4n) is 1.52. The van der Waals surface area contributed by atoms with Gasteiger partial charge in [-0.05, 0) is 19.4 Å². The maximum atomic E-state index is 9.18. The van der Waals surface area contributed by atoms with Gasteiger partial charge in [-0.15, -0.1) is 0 Å². The summed E-state index contributed by atoms with van der Waals surface area (Å²) in [5.74, 6) is 0.807. The molecule has 90 valence electrons. The van der Waals surface area contributed by atoms with E-state index in [2.05, 4.69) is 0 Å². The number of para-hydroxylation sites is 1. The predicted octanol–water partition coefficient (Wildman–Crippen LogP) is 2.29. The second kappa shape index (κ2) is 7.25. The number of ether oxygens (including phenoxy) is 2. The summed E-state index contributed by atoms with van der Waals surface area (Å²) in [6.07, 6.45) is 0.868. The smallest absolute Gasteiger partial charge is 0.127 e. The van der Waals surface area contributed by atoms with Crippen LogP contribution >= 0.6 is 0 Å². The van der Waals surface area contributed by atoms with Crippen LogP contribution in [-0.2, 0) is 11.3 Å². The summed E-state index contributed by atoms with van der Waals surface area (Å²) >= 11 is 0. The zero-order chi connectivity index (χ0) is 11.8. The normalized spacial score (nSPS) is 10.4. The molecule has 16 heavy (non-hydrogen) atoms. The van der Waals surface area contributed by atoms with Gasteiger partial charge in [0, 0.05) is 25.2 Å². The van der Waals surface area contributed by atoms with E-state index in [1.54, 1.807) is 0 Å². The predicted molar refractivity (Wildman–Crippen MR) is 63.7 cm³/mol. The van der Waals surface area contributed by atoms with Crippen molar-refractivity contribution in [2.75, 3.05) is 19.8 Å². The number of rotatable bonds is 7. The Bertz CT molecular complexity index is 310. The van der Waals surface area contributed by atoms with Crippen molar-refractivity contribution in [3.05, 3.63) is 29.3 Å². The van der Waals surface area contributed by atoms with Crippen molar-refractivity contribution in [1.82, 2.24) is 0 Å². The Morgan fingerprint density at radius 3 is 2.75 bits per heavy atom. The monoisotopic (exact) mass is 224 g/mol. The maximum Gasteiger partial charge on any atom is 0.127 e. The first-order valence-corrected chi connectivity index (χ1v) is 5.69. The van der Waals surface area contributed by atoms with Crippen LogP contribution in [0.4, 0.5) is 0 Å². The van der Waals surface area contributed by atoms with Crippen LogP contribution in [0, 0.1) is 6.92 Å². The van der Waals surface area contributed by atoms with E-state index in [0.717, 1.165) is 36.5 Å². The SMILES string of the molecule is CCOCCCOc1c(C)cccc1CO. The van der Waals surface area contributed by atoms with Gasteiger partial charge in [-0.2, -0.15) is 0 Å². The van der Waals surface area contributed by atoms with E-state index in [0.29, 0.717) is 6.61 Å². The van der Waals surface area contributed by atoms with E-state index in [1.807, 2.05) is 32.0 Å². The minimum Gasteiger partial charge on any atom is -0.493 e. The molecule has 0 atom stereocenters. The Hall–Kier alpha value is -1.06. The lowest BCUT2D eigenvalue weighted by Crippen LogP contribution is -2.05. The molecule has 1 aromatic carbocycles. The molecule has 1 N–H and O–H groups in total. The Kier molecular flexibility index (Phi) is 5.90. The molecule has 0 aliphatic heterocycles. The summed E-state index contributed by atoms with van der Waals surface area (Å²) in [7, 11) is 0. The quantitative estimate of drug-likeness (QED) is 0.722. The van der Waals surface area contributed by atoms with Crippen LogP contribution in [0.3, 0.4) is 0 Å². The van der Waals surface area contributed by atoms with E-state index in [1.165, 1.54) is 0 Å². The summed E-state index contributed by atoms with van der Waals surface area (Å²) in [6, 6.07) is 5.79. The molecule has 0 amide bonds. The minimum absolute atomic E-state index is 0.0163. The summed E-state index contributed by atoms with van der Waals surface area (Å²) in [5, 5.41) is 9.18. The van der Waals surface area contributed by atoms with Crippen molar-refractivity contribution in [1.29, 1.82) is 0 Å². The summed E-state index contributed by atoms with van der Waals surface area (Å²) in [5.41, 5.74) is 1.90. The molecule has 0 aliphatic carbocycles. The van der Waals surface area contributed by atoms with Crippen molar-refractivity contribution < 1.29 is 14.6 Å². The Morgan fingerprint density at radius 1 is 1.25 bits per heavy atom. The second-order valence-electron chi connectivity index (χ2n) is 3.62. The van der Waals surface area contributed by atoms with Crippen LogP contribution in [0.1, 0.15) is 24.5 Å². The van der Waals surface area contributed by atoms with Gasteiger partial charge in [-0.1, -0.05) is 18.2 Å². The van der Waals surface area contributed by atoms with Crippen LogP contribution in [0.15, 0.2) is 18.2 Å². The van der Waals surface area contributed by atoms with E-state index in [9.17, 15) is 5.11 Å². The highest BCUT2D eigenvalue weighted by atomic mass is 16.5. The molecule has 0 fully saturated rings. The van der Waals surface area contributed by atoms with Crippen molar-refractivity contribution in [3.8, 4) is 5.75 Å². The van der Waals surface area contributed by atoms with E-state index < -0.39 is 0 Å². The molecule has 0 saturated heterocycles.